The number of nitrogens with zero attached hydrogens (tertiary/aromatic N) is 3. The van der Waals surface area contributed by atoms with Crippen molar-refractivity contribution < 1.29 is 13.2 Å². The third-order valence-electron chi connectivity index (χ3n) is 6.96. The van der Waals surface area contributed by atoms with Gasteiger partial charge < -0.3 is 9.64 Å². The number of likely N-dealkylation sites (tertiary alicyclic amines) is 1. The van der Waals surface area contributed by atoms with Gasteiger partial charge in [0, 0.05) is 26.3 Å². The second-order valence-corrected chi connectivity index (χ2v) is 11.1. The molecule has 1 saturated heterocycles. The molecule has 2 atom stereocenters. The molecule has 1 aliphatic carbocycles. The Bertz CT molecular complexity index is 1220. The predicted octanol–water partition coefficient (Wildman–Crippen LogP) is 2.98. The number of benzene rings is 2. The summed E-state index contributed by atoms with van der Waals surface area (Å²) in [5.41, 5.74) is 4.16. The molecule has 0 spiro atoms. The first-order valence-electron chi connectivity index (χ1n) is 12.0. The van der Waals surface area contributed by atoms with Crippen molar-refractivity contribution in [2.75, 3.05) is 32.8 Å². The highest BCUT2D eigenvalue weighted by Crippen LogP contribution is 2.42. The molecule has 0 bridgehead atoms. The van der Waals surface area contributed by atoms with Crippen molar-refractivity contribution >= 4 is 10.0 Å². The van der Waals surface area contributed by atoms with Gasteiger partial charge in [0.15, 0.2) is 0 Å². The maximum Gasteiger partial charge on any atom is 0.243 e. The monoisotopic (exact) mass is 480 g/mol. The molecule has 3 aromatic rings. The van der Waals surface area contributed by atoms with Crippen molar-refractivity contribution in [3.63, 3.8) is 0 Å². The summed E-state index contributed by atoms with van der Waals surface area (Å²) >= 11 is 0. The number of fused-ring (bicyclic) bond motifs is 1. The predicted molar refractivity (Wildman–Crippen MR) is 131 cm³/mol. The van der Waals surface area contributed by atoms with Gasteiger partial charge in [0.2, 0.25) is 10.0 Å². The molecule has 180 valence electrons. The van der Waals surface area contributed by atoms with Crippen molar-refractivity contribution in [1.82, 2.24) is 19.4 Å². The van der Waals surface area contributed by atoms with E-state index < -0.39 is 10.0 Å². The Hall–Kier alpha value is -2.68. The lowest BCUT2D eigenvalue weighted by molar-refractivity contribution is 0.145. The molecule has 0 saturated carbocycles. The smallest absolute Gasteiger partial charge is 0.243 e. The van der Waals surface area contributed by atoms with E-state index in [1.165, 1.54) is 53.3 Å². The van der Waals surface area contributed by atoms with Gasteiger partial charge in [-0.2, -0.15) is 5.10 Å². The molecule has 34 heavy (non-hydrogen) atoms. The minimum absolute atomic E-state index is 0.157. The molecule has 1 aliphatic heterocycles. The third-order valence-corrected chi connectivity index (χ3v) is 8.38. The molecule has 5 rings (SSSR count). The molecule has 1 N–H and O–H groups in total. The maximum atomic E-state index is 12.4. The highest BCUT2D eigenvalue weighted by atomic mass is 32.2. The van der Waals surface area contributed by atoms with E-state index in [0.29, 0.717) is 11.8 Å². The lowest BCUT2D eigenvalue weighted by Gasteiger charge is -2.35. The van der Waals surface area contributed by atoms with Gasteiger partial charge in [0.1, 0.15) is 17.3 Å². The van der Waals surface area contributed by atoms with Crippen LogP contribution in [0.3, 0.4) is 0 Å². The maximum absolute atomic E-state index is 12.4. The van der Waals surface area contributed by atoms with Gasteiger partial charge in [-0.05, 0) is 73.0 Å². The molecule has 2 aliphatic rings. The first kappa shape index (κ1) is 23.1. The van der Waals surface area contributed by atoms with E-state index in [1.807, 2.05) is 6.07 Å². The number of aryl methyl sites for hydroxylation is 1. The number of aromatic nitrogens is 2. The van der Waals surface area contributed by atoms with Crippen LogP contribution in [0.5, 0.6) is 5.75 Å². The van der Waals surface area contributed by atoms with E-state index in [9.17, 15) is 8.42 Å². The van der Waals surface area contributed by atoms with Gasteiger partial charge in [-0.3, -0.25) is 4.68 Å². The Morgan fingerprint density at radius 2 is 1.97 bits per heavy atom. The fraction of sp³-hybridized carbons (Fsp3) is 0.423. The highest BCUT2D eigenvalue weighted by molar-refractivity contribution is 7.89. The number of rotatable bonds is 10. The lowest BCUT2D eigenvalue weighted by atomic mass is 9.86. The molecule has 0 radical (unpaired) electrons. The number of hydrogen-bond donors (Lipinski definition) is 1. The van der Waals surface area contributed by atoms with Gasteiger partial charge in [-0.15, -0.1) is 0 Å². The molecule has 8 heteroatoms. The van der Waals surface area contributed by atoms with Crippen LogP contribution in [0, 0.1) is 5.92 Å². The zero-order valence-corrected chi connectivity index (χ0v) is 20.4. The standard InChI is InChI=1S/C26H32N4O3S/c1-29-19-24(17-27-29)34(31,32)28-10-13-33-23-9-8-21-15-22(18-30-11-5-12-30)25(26(21)16-23)14-20-6-3-2-4-7-20/h2-4,6-9,16-17,19,22,25,28H,5,10-15,18H2,1H3. The summed E-state index contributed by atoms with van der Waals surface area (Å²) in [7, 11) is -1.89. The Morgan fingerprint density at radius 1 is 1.15 bits per heavy atom. The molecule has 7 nitrogen and oxygen atoms in total. The second-order valence-electron chi connectivity index (χ2n) is 9.37. The summed E-state index contributed by atoms with van der Waals surface area (Å²) in [5.74, 6) is 1.87. The molecule has 0 amide bonds. The van der Waals surface area contributed by atoms with Gasteiger partial charge in [-0.25, -0.2) is 13.1 Å². The molecule has 1 fully saturated rings. The lowest BCUT2D eigenvalue weighted by Crippen LogP contribution is -2.41. The van der Waals surface area contributed by atoms with Gasteiger partial charge >= 0.3 is 0 Å². The number of sulfonamides is 1. The number of nitrogens with one attached hydrogen (secondary N) is 1. The summed E-state index contributed by atoms with van der Waals surface area (Å²) in [6.07, 6.45) is 6.26. The van der Waals surface area contributed by atoms with Crippen LogP contribution in [-0.4, -0.2) is 55.9 Å². The average Bonchev–Trinajstić information content (AvgIpc) is 3.39. The summed E-state index contributed by atoms with van der Waals surface area (Å²) in [6.45, 7) is 4.04. The first-order valence-corrected chi connectivity index (χ1v) is 13.5. The number of ether oxygens (including phenoxy) is 1. The van der Waals surface area contributed by atoms with E-state index in [2.05, 4.69) is 57.2 Å². The summed E-state index contributed by atoms with van der Waals surface area (Å²) in [6, 6.07) is 17.1. The molecular weight excluding hydrogens is 448 g/mol. The van der Waals surface area contributed by atoms with Crippen LogP contribution in [0.15, 0.2) is 65.8 Å². The quantitative estimate of drug-likeness (QED) is 0.452. The van der Waals surface area contributed by atoms with Gasteiger partial charge in [0.05, 0.1) is 6.20 Å². The Labute approximate surface area is 201 Å². The van der Waals surface area contributed by atoms with Crippen LogP contribution in [0.4, 0.5) is 0 Å². The van der Waals surface area contributed by atoms with Gasteiger partial charge in [0.25, 0.3) is 0 Å². The SMILES string of the molecule is Cn1cc(S(=O)(=O)NCCOc2ccc3c(c2)C(Cc2ccccc2)C(CN2CCC2)C3)cn1. The Kier molecular flexibility index (Phi) is 6.72. The Balaban J connectivity index is 1.24. The van der Waals surface area contributed by atoms with Crippen LogP contribution < -0.4 is 9.46 Å². The summed E-state index contributed by atoms with van der Waals surface area (Å²) < 4.78 is 34.7. The van der Waals surface area contributed by atoms with E-state index in [1.54, 1.807) is 7.05 Å². The Morgan fingerprint density at radius 3 is 2.68 bits per heavy atom. The van der Waals surface area contributed by atoms with E-state index in [-0.39, 0.29) is 18.0 Å². The third kappa shape index (κ3) is 5.19. The topological polar surface area (TPSA) is 76.5 Å². The van der Waals surface area contributed by atoms with E-state index in [4.69, 9.17) is 4.74 Å². The van der Waals surface area contributed by atoms with E-state index in [0.717, 1.165) is 25.1 Å². The largest absolute Gasteiger partial charge is 0.492 e. The van der Waals surface area contributed by atoms with Crippen LogP contribution >= 0.6 is 0 Å². The summed E-state index contributed by atoms with van der Waals surface area (Å²) in [4.78, 5) is 2.73. The van der Waals surface area contributed by atoms with Crippen molar-refractivity contribution in [3.05, 3.63) is 77.6 Å². The minimum atomic E-state index is -3.58. The molecule has 2 heterocycles. The van der Waals surface area contributed by atoms with Crippen LogP contribution in [-0.2, 0) is 29.9 Å². The van der Waals surface area contributed by atoms with Crippen molar-refractivity contribution in [3.8, 4) is 5.75 Å². The average molecular weight is 481 g/mol. The number of hydrogen-bond acceptors (Lipinski definition) is 5. The molecule has 1 aromatic heterocycles. The highest BCUT2D eigenvalue weighted by Gasteiger charge is 2.34. The van der Waals surface area contributed by atoms with Crippen LogP contribution in [0.25, 0.3) is 0 Å². The van der Waals surface area contributed by atoms with Crippen molar-refractivity contribution in [1.29, 1.82) is 0 Å². The van der Waals surface area contributed by atoms with E-state index >= 15 is 0 Å². The summed E-state index contributed by atoms with van der Waals surface area (Å²) in [5, 5.41) is 3.93. The molecule has 2 unspecified atom stereocenters. The van der Waals surface area contributed by atoms with Crippen LogP contribution in [0.1, 0.15) is 29.0 Å². The van der Waals surface area contributed by atoms with Gasteiger partial charge in [-0.1, -0.05) is 36.4 Å². The molecular formula is C26H32N4O3S. The zero-order valence-electron chi connectivity index (χ0n) is 19.6. The zero-order chi connectivity index (χ0) is 23.5. The van der Waals surface area contributed by atoms with Crippen molar-refractivity contribution in [2.45, 2.75) is 30.1 Å². The van der Waals surface area contributed by atoms with Crippen LogP contribution in [0.2, 0.25) is 0 Å². The second kappa shape index (κ2) is 9.90. The first-order chi connectivity index (χ1) is 16.5. The fourth-order valence-electron chi connectivity index (χ4n) is 5.07. The normalized spacial score (nSPS) is 20.1. The minimum Gasteiger partial charge on any atom is -0.492 e. The van der Waals surface area contributed by atoms with Crippen molar-refractivity contribution in [2.24, 2.45) is 13.0 Å². The molecule has 2 aromatic carbocycles. The fourth-order valence-corrected chi connectivity index (χ4v) is 6.07.